The molecule has 5 heteroatoms. The van der Waals surface area contributed by atoms with Crippen molar-refractivity contribution in [1.82, 2.24) is 9.97 Å². The van der Waals surface area contributed by atoms with E-state index >= 15 is 0 Å². The summed E-state index contributed by atoms with van der Waals surface area (Å²) in [5, 5.41) is 9.84. The summed E-state index contributed by atoms with van der Waals surface area (Å²) in [6.07, 6.45) is 8.47. The topological polar surface area (TPSA) is 72.8 Å². The van der Waals surface area contributed by atoms with Gasteiger partial charge in [-0.1, -0.05) is 31.4 Å². The van der Waals surface area contributed by atoms with Crippen molar-refractivity contribution in [2.24, 2.45) is 5.41 Å². The van der Waals surface area contributed by atoms with Crippen LogP contribution in [0.5, 0.6) is 0 Å². The second kappa shape index (κ2) is 7.60. The number of nitrogens with zero attached hydrogens (tertiary/aromatic N) is 3. The van der Waals surface area contributed by atoms with Crippen molar-refractivity contribution in [3.05, 3.63) is 48.2 Å². The number of benzene rings is 1. The number of hydrogen-bond donors (Lipinski definition) is 1. The number of anilines is 1. The Morgan fingerprint density at radius 3 is 2.63 bits per heavy atom. The number of carbonyl (C=O) groups excluding carboxylic acids is 1. The summed E-state index contributed by atoms with van der Waals surface area (Å²) < 4.78 is 0. The number of carbonyl (C=O) groups is 1. The molecule has 1 aliphatic carbocycles. The van der Waals surface area contributed by atoms with Crippen molar-refractivity contribution in [3.8, 4) is 17.3 Å². The van der Waals surface area contributed by atoms with Crippen molar-refractivity contribution < 1.29 is 4.79 Å². The van der Waals surface area contributed by atoms with Crippen molar-refractivity contribution in [3.63, 3.8) is 0 Å². The van der Waals surface area contributed by atoms with Crippen molar-refractivity contribution in [2.75, 3.05) is 18.0 Å². The number of hydrogen-bond acceptors (Lipinski definition) is 4. The summed E-state index contributed by atoms with van der Waals surface area (Å²) in [5.41, 5.74) is 4.28. The van der Waals surface area contributed by atoms with Gasteiger partial charge in [0.1, 0.15) is 5.41 Å². The molecule has 2 fully saturated rings. The summed E-state index contributed by atoms with van der Waals surface area (Å²) in [6, 6.07) is 14.8. The zero-order valence-electron chi connectivity index (χ0n) is 17.2. The van der Waals surface area contributed by atoms with Gasteiger partial charge in [0.2, 0.25) is 0 Å². The molecule has 1 saturated carbocycles. The molecule has 0 amide bonds. The van der Waals surface area contributed by atoms with Crippen LogP contribution in [0, 0.1) is 16.7 Å². The van der Waals surface area contributed by atoms with E-state index in [0.717, 1.165) is 49.1 Å². The Morgan fingerprint density at radius 2 is 1.87 bits per heavy atom. The van der Waals surface area contributed by atoms with Crippen LogP contribution >= 0.6 is 0 Å². The zero-order valence-corrected chi connectivity index (χ0v) is 17.2. The maximum Gasteiger partial charge on any atom is 0.186 e. The van der Waals surface area contributed by atoms with Crippen LogP contribution in [-0.4, -0.2) is 28.8 Å². The van der Waals surface area contributed by atoms with Gasteiger partial charge in [-0.2, -0.15) is 5.26 Å². The lowest BCUT2D eigenvalue weighted by Gasteiger charge is -2.28. The second-order valence-electron chi connectivity index (χ2n) is 8.62. The molecule has 0 spiro atoms. The molecule has 0 unspecified atom stereocenters. The maximum absolute atomic E-state index is 13.4. The molecule has 1 aromatic carbocycles. The van der Waals surface area contributed by atoms with Crippen LogP contribution in [0.25, 0.3) is 22.3 Å². The van der Waals surface area contributed by atoms with Gasteiger partial charge in [0.05, 0.1) is 28.4 Å². The Labute approximate surface area is 176 Å². The minimum absolute atomic E-state index is 0.0774. The number of ketones is 1. The zero-order chi connectivity index (χ0) is 20.6. The number of nitriles is 1. The molecule has 0 radical (unpaired) electrons. The van der Waals surface area contributed by atoms with E-state index in [1.165, 1.54) is 18.5 Å². The van der Waals surface area contributed by atoms with Crippen LogP contribution < -0.4 is 4.90 Å². The molecular formula is C25H26N4O. The number of Topliss-reactive ketones (excluding diaryl/α,β-unsaturated/α-hetero) is 1. The highest BCUT2D eigenvalue weighted by Crippen LogP contribution is 2.40. The van der Waals surface area contributed by atoms with Gasteiger partial charge in [-0.05, 0) is 49.9 Å². The number of pyridine rings is 1. The van der Waals surface area contributed by atoms with Gasteiger partial charge in [0.15, 0.2) is 5.78 Å². The first-order chi connectivity index (χ1) is 14.7. The van der Waals surface area contributed by atoms with Gasteiger partial charge in [-0.15, -0.1) is 0 Å². The summed E-state index contributed by atoms with van der Waals surface area (Å²) in [7, 11) is 0. The molecule has 3 heterocycles. The summed E-state index contributed by atoms with van der Waals surface area (Å²) >= 11 is 0. The summed E-state index contributed by atoms with van der Waals surface area (Å²) in [4.78, 5) is 23.9. The first-order valence-electron chi connectivity index (χ1n) is 11.0. The van der Waals surface area contributed by atoms with E-state index in [1.807, 2.05) is 12.1 Å². The fourth-order valence-corrected chi connectivity index (χ4v) is 4.97. The molecule has 5 rings (SSSR count). The lowest BCUT2D eigenvalue weighted by atomic mass is 9.71. The van der Waals surface area contributed by atoms with Gasteiger partial charge >= 0.3 is 0 Å². The van der Waals surface area contributed by atoms with Crippen molar-refractivity contribution in [1.29, 1.82) is 5.26 Å². The average molecular weight is 399 g/mol. The smallest absolute Gasteiger partial charge is 0.186 e. The van der Waals surface area contributed by atoms with Gasteiger partial charge in [-0.3, -0.25) is 4.79 Å². The maximum atomic E-state index is 13.4. The molecule has 0 atom stereocenters. The Kier molecular flexibility index (Phi) is 4.78. The number of aromatic amines is 1. The first-order valence-corrected chi connectivity index (χ1v) is 11.0. The third-order valence-corrected chi connectivity index (χ3v) is 6.74. The van der Waals surface area contributed by atoms with Gasteiger partial charge < -0.3 is 9.88 Å². The van der Waals surface area contributed by atoms with E-state index in [4.69, 9.17) is 4.98 Å². The van der Waals surface area contributed by atoms with Gasteiger partial charge in [0, 0.05) is 30.5 Å². The molecule has 0 bridgehead atoms. The van der Waals surface area contributed by atoms with E-state index in [2.05, 4.69) is 40.2 Å². The average Bonchev–Trinajstić information content (AvgIpc) is 3.49. The quantitative estimate of drug-likeness (QED) is 0.590. The molecule has 152 valence electrons. The van der Waals surface area contributed by atoms with Gasteiger partial charge in [-0.25, -0.2) is 4.98 Å². The Morgan fingerprint density at radius 1 is 1.07 bits per heavy atom. The fraction of sp³-hybridized carbons (Fsp3) is 0.400. The predicted octanol–water partition coefficient (Wildman–Crippen LogP) is 5.49. The number of rotatable bonds is 4. The fourth-order valence-electron chi connectivity index (χ4n) is 4.97. The lowest BCUT2D eigenvalue weighted by Crippen LogP contribution is -2.32. The second-order valence-corrected chi connectivity index (χ2v) is 8.62. The van der Waals surface area contributed by atoms with E-state index in [9.17, 15) is 10.1 Å². The number of nitrogens with one attached hydrogen (secondary N) is 1. The van der Waals surface area contributed by atoms with Crippen LogP contribution in [0.15, 0.2) is 42.6 Å². The van der Waals surface area contributed by atoms with E-state index in [-0.39, 0.29) is 5.78 Å². The largest absolute Gasteiger partial charge is 0.372 e. The molecule has 2 aliphatic rings. The summed E-state index contributed by atoms with van der Waals surface area (Å²) in [6.45, 7) is 2.20. The highest BCUT2D eigenvalue weighted by atomic mass is 16.1. The number of aromatic nitrogens is 2. The molecule has 2 aromatic heterocycles. The van der Waals surface area contributed by atoms with Crippen LogP contribution in [0.1, 0.15) is 55.3 Å². The highest BCUT2D eigenvalue weighted by Gasteiger charge is 2.41. The summed E-state index contributed by atoms with van der Waals surface area (Å²) in [5.74, 6) is -0.0774. The predicted molar refractivity (Wildman–Crippen MR) is 118 cm³/mol. The first kappa shape index (κ1) is 18.9. The molecule has 1 aliphatic heterocycles. The molecule has 1 N–H and O–H groups in total. The van der Waals surface area contributed by atoms with Crippen molar-refractivity contribution in [2.45, 2.75) is 44.9 Å². The van der Waals surface area contributed by atoms with Crippen LogP contribution in [-0.2, 0) is 0 Å². The molecule has 30 heavy (non-hydrogen) atoms. The number of H-pyrrole nitrogens is 1. The number of fused-ring (bicyclic) bond motifs is 1. The Bertz CT molecular complexity index is 1130. The standard InChI is InChI=1S/C25H26N4O/c26-17-25(11-2-1-3-12-25)24(30)20-16-27-22-10-9-21(28-23(20)22)18-7-6-8-19(15-18)29-13-4-5-14-29/h6-10,15-16,27H,1-5,11-14H2. The Hall–Kier alpha value is -3.13. The molecular weight excluding hydrogens is 372 g/mol. The molecule has 3 aromatic rings. The lowest BCUT2D eigenvalue weighted by molar-refractivity contribution is 0.0811. The monoisotopic (exact) mass is 398 g/mol. The van der Waals surface area contributed by atoms with Crippen LogP contribution in [0.3, 0.4) is 0 Å². The minimum Gasteiger partial charge on any atom is -0.372 e. The van der Waals surface area contributed by atoms with Crippen LogP contribution in [0.4, 0.5) is 5.69 Å². The minimum atomic E-state index is -0.902. The van der Waals surface area contributed by atoms with Crippen LogP contribution in [0.2, 0.25) is 0 Å². The Balaban J connectivity index is 1.53. The molecule has 1 saturated heterocycles. The van der Waals surface area contributed by atoms with E-state index < -0.39 is 5.41 Å². The van der Waals surface area contributed by atoms with Crippen molar-refractivity contribution >= 4 is 22.5 Å². The highest BCUT2D eigenvalue weighted by molar-refractivity contribution is 6.10. The third kappa shape index (κ3) is 3.17. The van der Waals surface area contributed by atoms with E-state index in [1.54, 1.807) is 6.20 Å². The molecule has 5 nitrogen and oxygen atoms in total. The normalized spacial score (nSPS) is 18.4. The SMILES string of the molecule is N#CC1(C(=O)c2c[nH]c3ccc(-c4cccc(N5CCCC5)c4)nc23)CCCCC1. The third-order valence-electron chi connectivity index (χ3n) is 6.74. The van der Waals surface area contributed by atoms with Gasteiger partial charge in [0.25, 0.3) is 0 Å². The van der Waals surface area contributed by atoms with E-state index in [0.29, 0.717) is 23.9 Å².